The molecule has 0 saturated carbocycles. The van der Waals surface area contributed by atoms with E-state index >= 15 is 0 Å². The Labute approximate surface area is 128 Å². The summed E-state index contributed by atoms with van der Waals surface area (Å²) in [4.78, 5) is 33.4. The van der Waals surface area contributed by atoms with Gasteiger partial charge in [-0.1, -0.05) is 11.6 Å². The number of aromatic nitrogens is 2. The van der Waals surface area contributed by atoms with Crippen molar-refractivity contribution >= 4 is 34.9 Å². The van der Waals surface area contributed by atoms with Crippen LogP contribution in [0.15, 0.2) is 24.4 Å². The number of anilines is 1. The highest BCUT2D eigenvalue weighted by molar-refractivity contribution is 6.31. The first-order valence-corrected chi connectivity index (χ1v) is 6.19. The van der Waals surface area contributed by atoms with Crippen LogP contribution in [0.25, 0.3) is 0 Å². The van der Waals surface area contributed by atoms with Crippen LogP contribution in [0.5, 0.6) is 0 Å². The van der Waals surface area contributed by atoms with Crippen molar-refractivity contribution in [2.75, 3.05) is 5.32 Å². The van der Waals surface area contributed by atoms with E-state index in [1.165, 1.54) is 25.4 Å². The van der Waals surface area contributed by atoms with Crippen molar-refractivity contribution in [3.05, 3.63) is 50.8 Å². The third-order valence-corrected chi connectivity index (χ3v) is 2.92. The van der Waals surface area contributed by atoms with Gasteiger partial charge in [-0.3, -0.25) is 19.6 Å². The monoisotopic (exact) mass is 324 g/mol. The first-order chi connectivity index (χ1) is 10.3. The summed E-state index contributed by atoms with van der Waals surface area (Å²) in [6.45, 7) is 0. The van der Waals surface area contributed by atoms with Crippen LogP contribution in [0.3, 0.4) is 0 Å². The summed E-state index contributed by atoms with van der Waals surface area (Å²) in [5.41, 5.74) is -1.16. The Morgan fingerprint density at radius 1 is 1.45 bits per heavy atom. The Hall–Kier alpha value is -2.94. The average Bonchev–Trinajstić information content (AvgIpc) is 2.83. The molecule has 1 aromatic heterocycles. The van der Waals surface area contributed by atoms with E-state index in [4.69, 9.17) is 16.7 Å². The lowest BCUT2D eigenvalue weighted by atomic mass is 10.2. The van der Waals surface area contributed by atoms with Crippen LogP contribution >= 0.6 is 11.6 Å². The van der Waals surface area contributed by atoms with Crippen LogP contribution in [0, 0.1) is 10.1 Å². The summed E-state index contributed by atoms with van der Waals surface area (Å²) in [6, 6.07) is 3.71. The van der Waals surface area contributed by atoms with Crippen molar-refractivity contribution in [1.29, 1.82) is 0 Å². The molecule has 2 aromatic rings. The largest absolute Gasteiger partial charge is 0.476 e. The number of aryl methyl sites for hydroxylation is 1. The van der Waals surface area contributed by atoms with Crippen LogP contribution in [-0.4, -0.2) is 31.7 Å². The zero-order chi connectivity index (χ0) is 16.4. The third-order valence-electron chi connectivity index (χ3n) is 2.68. The van der Waals surface area contributed by atoms with Crippen molar-refractivity contribution in [2.24, 2.45) is 7.05 Å². The quantitative estimate of drug-likeness (QED) is 0.653. The molecule has 0 saturated heterocycles. The maximum Gasteiger partial charge on any atom is 0.357 e. The molecule has 0 radical (unpaired) electrons. The number of carboxylic acids is 1. The molecule has 0 unspecified atom stereocenters. The number of nitro groups is 1. The highest BCUT2D eigenvalue weighted by Gasteiger charge is 2.23. The van der Waals surface area contributed by atoms with E-state index in [1.807, 2.05) is 0 Å². The van der Waals surface area contributed by atoms with Crippen LogP contribution in [0.1, 0.15) is 20.8 Å². The summed E-state index contributed by atoms with van der Waals surface area (Å²) in [5, 5.41) is 26.0. The molecule has 114 valence electrons. The Morgan fingerprint density at radius 2 is 2.14 bits per heavy atom. The Bertz CT molecular complexity index is 786. The molecule has 0 aliphatic rings. The summed E-state index contributed by atoms with van der Waals surface area (Å²) in [7, 11) is 1.45. The molecule has 2 rings (SSSR count). The molecule has 0 fully saturated rings. The second-order valence-corrected chi connectivity index (χ2v) is 4.68. The number of rotatable bonds is 4. The summed E-state index contributed by atoms with van der Waals surface area (Å²) in [6.07, 6.45) is 1.21. The van der Waals surface area contributed by atoms with Gasteiger partial charge in [-0.15, -0.1) is 0 Å². The predicted octanol–water partition coefficient (Wildman–Crippen LogP) is 1.93. The molecule has 1 aromatic carbocycles. The minimum Gasteiger partial charge on any atom is -0.476 e. The van der Waals surface area contributed by atoms with Crippen molar-refractivity contribution in [2.45, 2.75) is 0 Å². The summed E-state index contributed by atoms with van der Waals surface area (Å²) >= 11 is 5.68. The van der Waals surface area contributed by atoms with E-state index in [0.29, 0.717) is 0 Å². The first kappa shape index (κ1) is 15.4. The fourth-order valence-corrected chi connectivity index (χ4v) is 1.93. The molecular formula is C12H9ClN4O5. The van der Waals surface area contributed by atoms with Crippen molar-refractivity contribution in [1.82, 2.24) is 9.78 Å². The number of nitrogens with one attached hydrogen (secondary N) is 1. The van der Waals surface area contributed by atoms with Crippen LogP contribution in [-0.2, 0) is 7.05 Å². The standard InChI is InChI=1S/C12H9ClN4O5/c1-16-5-7(10(15-16)12(19)20)11(18)14-8-3-2-6(13)4-9(8)17(21)22/h2-5H,1H3,(H,14,18)(H,19,20). The molecule has 0 spiro atoms. The van der Waals surface area contributed by atoms with E-state index in [0.717, 1.165) is 10.7 Å². The molecule has 22 heavy (non-hydrogen) atoms. The third kappa shape index (κ3) is 3.04. The minimum absolute atomic E-state index is 0.0976. The molecule has 0 aliphatic carbocycles. The van der Waals surface area contributed by atoms with Crippen LogP contribution in [0.4, 0.5) is 11.4 Å². The number of nitro benzene ring substituents is 1. The number of aromatic carboxylic acids is 1. The van der Waals surface area contributed by atoms with Crippen molar-refractivity contribution < 1.29 is 19.6 Å². The van der Waals surface area contributed by atoms with Gasteiger partial charge >= 0.3 is 5.97 Å². The van der Waals surface area contributed by atoms with Crippen molar-refractivity contribution in [3.8, 4) is 0 Å². The molecule has 0 atom stereocenters. The second-order valence-electron chi connectivity index (χ2n) is 4.24. The topological polar surface area (TPSA) is 127 Å². The maximum atomic E-state index is 12.1. The zero-order valence-electron chi connectivity index (χ0n) is 11.1. The first-order valence-electron chi connectivity index (χ1n) is 5.82. The number of nitrogens with zero attached hydrogens (tertiary/aromatic N) is 3. The Morgan fingerprint density at radius 3 is 2.73 bits per heavy atom. The van der Waals surface area contributed by atoms with E-state index in [9.17, 15) is 19.7 Å². The van der Waals surface area contributed by atoms with E-state index in [1.54, 1.807) is 0 Å². The number of carbonyl (C=O) groups is 2. The molecule has 9 nitrogen and oxygen atoms in total. The Kier molecular flexibility index (Phi) is 4.08. The molecule has 0 aliphatic heterocycles. The van der Waals surface area contributed by atoms with Gasteiger partial charge in [0.1, 0.15) is 5.69 Å². The van der Waals surface area contributed by atoms with Gasteiger partial charge in [0.2, 0.25) is 0 Å². The number of hydrogen-bond donors (Lipinski definition) is 2. The van der Waals surface area contributed by atoms with Crippen molar-refractivity contribution in [3.63, 3.8) is 0 Å². The normalized spacial score (nSPS) is 10.3. The molecule has 1 amide bonds. The van der Waals surface area contributed by atoms with E-state index in [-0.39, 0.29) is 16.3 Å². The van der Waals surface area contributed by atoms with E-state index in [2.05, 4.69) is 10.4 Å². The average molecular weight is 325 g/mol. The number of halogens is 1. The highest BCUT2D eigenvalue weighted by Crippen LogP contribution is 2.28. The zero-order valence-corrected chi connectivity index (χ0v) is 11.9. The lowest BCUT2D eigenvalue weighted by molar-refractivity contribution is -0.383. The minimum atomic E-state index is -1.38. The number of carbonyl (C=O) groups excluding carboxylic acids is 1. The summed E-state index contributed by atoms with van der Waals surface area (Å²) in [5.74, 6) is -2.20. The lowest BCUT2D eigenvalue weighted by Crippen LogP contribution is -2.16. The number of amides is 1. The SMILES string of the molecule is Cn1cc(C(=O)Nc2ccc(Cl)cc2[N+](=O)[O-])c(C(=O)O)n1. The summed E-state index contributed by atoms with van der Waals surface area (Å²) < 4.78 is 1.16. The van der Waals surface area contributed by atoms with Gasteiger partial charge in [0.15, 0.2) is 5.69 Å². The van der Waals surface area contributed by atoms with Gasteiger partial charge in [-0.2, -0.15) is 5.10 Å². The lowest BCUT2D eigenvalue weighted by Gasteiger charge is -2.05. The van der Waals surface area contributed by atoms with Gasteiger partial charge in [-0.05, 0) is 12.1 Å². The van der Waals surface area contributed by atoms with Crippen LogP contribution < -0.4 is 5.32 Å². The number of benzene rings is 1. The fourth-order valence-electron chi connectivity index (χ4n) is 1.76. The smallest absolute Gasteiger partial charge is 0.357 e. The van der Waals surface area contributed by atoms with Gasteiger partial charge in [0, 0.05) is 24.3 Å². The number of carboxylic acid groups (broad SMARTS) is 1. The predicted molar refractivity (Wildman–Crippen MR) is 76.2 cm³/mol. The molecule has 2 N–H and O–H groups in total. The molecule has 1 heterocycles. The van der Waals surface area contributed by atoms with E-state index < -0.39 is 28.2 Å². The molecule has 10 heteroatoms. The fraction of sp³-hybridized carbons (Fsp3) is 0.0833. The van der Waals surface area contributed by atoms with Gasteiger partial charge in [0.25, 0.3) is 11.6 Å². The Balaban J connectivity index is 2.38. The molecular weight excluding hydrogens is 316 g/mol. The van der Waals surface area contributed by atoms with Gasteiger partial charge in [0.05, 0.1) is 10.5 Å². The van der Waals surface area contributed by atoms with Gasteiger partial charge < -0.3 is 10.4 Å². The highest BCUT2D eigenvalue weighted by atomic mass is 35.5. The second kappa shape index (κ2) is 5.82. The van der Waals surface area contributed by atoms with Gasteiger partial charge in [-0.25, -0.2) is 4.79 Å². The number of hydrogen-bond acceptors (Lipinski definition) is 5. The van der Waals surface area contributed by atoms with Crippen LogP contribution in [0.2, 0.25) is 5.02 Å². The maximum absolute atomic E-state index is 12.1. The molecule has 0 bridgehead atoms.